The summed E-state index contributed by atoms with van der Waals surface area (Å²) in [6.45, 7) is 12.4. The largest absolute Gasteiger partial charge is 0.358 e. The zero-order valence-electron chi connectivity index (χ0n) is 13.6. The van der Waals surface area contributed by atoms with Gasteiger partial charge >= 0.3 is 0 Å². The highest BCUT2D eigenvalue weighted by Gasteiger charge is 2.17. The number of rotatable bonds is 6. The number of nitrogens with zero attached hydrogens (tertiary/aromatic N) is 2. The molecule has 0 aliphatic carbocycles. The highest BCUT2D eigenvalue weighted by Crippen LogP contribution is 2.23. The lowest BCUT2D eigenvalue weighted by Crippen LogP contribution is -2.39. The molecule has 118 valence electrons. The summed E-state index contributed by atoms with van der Waals surface area (Å²) in [6.07, 6.45) is 0. The monoisotopic (exact) mass is 312 g/mol. The molecular weight excluding hydrogens is 288 g/mol. The molecule has 1 amide bonds. The minimum atomic E-state index is -0.381. The SMILES string of the molecule is Cc1c(Cl)nc(C(C)C)nc1NC(C)C(=O)NCC(C)C. The van der Waals surface area contributed by atoms with E-state index in [1.165, 1.54) is 0 Å². The van der Waals surface area contributed by atoms with Gasteiger partial charge in [-0.1, -0.05) is 39.3 Å². The van der Waals surface area contributed by atoms with Gasteiger partial charge in [-0.15, -0.1) is 0 Å². The average Bonchev–Trinajstić information content (AvgIpc) is 2.40. The van der Waals surface area contributed by atoms with E-state index in [1.807, 2.05) is 20.8 Å². The van der Waals surface area contributed by atoms with Crippen molar-refractivity contribution in [1.29, 1.82) is 0 Å². The van der Waals surface area contributed by atoms with Crippen molar-refractivity contribution < 1.29 is 4.79 Å². The third-order valence-corrected chi connectivity index (χ3v) is 3.42. The maximum Gasteiger partial charge on any atom is 0.242 e. The van der Waals surface area contributed by atoms with Gasteiger partial charge < -0.3 is 10.6 Å². The fourth-order valence-electron chi connectivity index (χ4n) is 1.63. The summed E-state index contributed by atoms with van der Waals surface area (Å²) < 4.78 is 0. The molecule has 0 aliphatic heterocycles. The van der Waals surface area contributed by atoms with Gasteiger partial charge in [0.25, 0.3) is 0 Å². The molecule has 1 rings (SSSR count). The Hall–Kier alpha value is -1.36. The van der Waals surface area contributed by atoms with E-state index in [2.05, 4.69) is 34.4 Å². The van der Waals surface area contributed by atoms with Gasteiger partial charge in [0.1, 0.15) is 22.8 Å². The predicted molar refractivity (Wildman–Crippen MR) is 86.8 cm³/mol. The van der Waals surface area contributed by atoms with E-state index >= 15 is 0 Å². The molecule has 21 heavy (non-hydrogen) atoms. The van der Waals surface area contributed by atoms with E-state index in [1.54, 1.807) is 6.92 Å². The maximum absolute atomic E-state index is 12.0. The summed E-state index contributed by atoms with van der Waals surface area (Å²) in [5.74, 6) is 1.83. The molecule has 0 fully saturated rings. The molecule has 0 spiro atoms. The van der Waals surface area contributed by atoms with Crippen molar-refractivity contribution in [3.63, 3.8) is 0 Å². The van der Waals surface area contributed by atoms with Crippen LogP contribution in [0, 0.1) is 12.8 Å². The Morgan fingerprint density at radius 3 is 2.33 bits per heavy atom. The van der Waals surface area contributed by atoms with Gasteiger partial charge in [0.15, 0.2) is 0 Å². The number of halogens is 1. The first-order valence-electron chi connectivity index (χ1n) is 7.30. The van der Waals surface area contributed by atoms with Crippen molar-refractivity contribution in [2.45, 2.75) is 53.5 Å². The number of amides is 1. The number of hydrogen-bond acceptors (Lipinski definition) is 4. The first-order valence-corrected chi connectivity index (χ1v) is 7.68. The summed E-state index contributed by atoms with van der Waals surface area (Å²) >= 11 is 6.14. The molecule has 0 bridgehead atoms. The Kier molecular flexibility index (Phi) is 6.40. The zero-order valence-corrected chi connectivity index (χ0v) is 14.4. The van der Waals surface area contributed by atoms with E-state index in [0.717, 1.165) is 5.56 Å². The third-order valence-electron chi connectivity index (χ3n) is 3.05. The lowest BCUT2D eigenvalue weighted by molar-refractivity contribution is -0.121. The zero-order chi connectivity index (χ0) is 16.2. The standard InChI is InChI=1S/C15H25ClN4O/c1-8(2)7-17-15(21)11(6)18-14-10(5)12(16)19-13(20-14)9(3)4/h8-9,11H,7H2,1-6H3,(H,17,21)(H,18,19,20). The van der Waals surface area contributed by atoms with Crippen LogP contribution in [0.15, 0.2) is 0 Å². The number of aromatic nitrogens is 2. The highest BCUT2D eigenvalue weighted by molar-refractivity contribution is 6.30. The number of nitrogens with one attached hydrogen (secondary N) is 2. The molecule has 1 atom stereocenters. The summed E-state index contributed by atoms with van der Waals surface area (Å²) in [5, 5.41) is 6.44. The Bertz CT molecular complexity index is 503. The Labute approximate surface area is 131 Å². The van der Waals surface area contributed by atoms with Crippen LogP contribution in [0.1, 0.15) is 51.9 Å². The third kappa shape index (κ3) is 5.16. The van der Waals surface area contributed by atoms with Crippen LogP contribution in [-0.4, -0.2) is 28.5 Å². The Balaban J connectivity index is 2.84. The second-order valence-corrected chi connectivity index (χ2v) is 6.36. The number of hydrogen-bond donors (Lipinski definition) is 2. The molecule has 1 aromatic rings. The molecule has 0 aliphatic rings. The Morgan fingerprint density at radius 2 is 1.81 bits per heavy atom. The molecule has 1 aromatic heterocycles. The maximum atomic E-state index is 12.0. The van der Waals surface area contributed by atoms with E-state index in [-0.39, 0.29) is 17.9 Å². The van der Waals surface area contributed by atoms with Crippen LogP contribution < -0.4 is 10.6 Å². The lowest BCUT2D eigenvalue weighted by atomic mass is 10.2. The van der Waals surface area contributed by atoms with Crippen LogP contribution in [0.5, 0.6) is 0 Å². The van der Waals surface area contributed by atoms with Crippen molar-refractivity contribution in [2.75, 3.05) is 11.9 Å². The first kappa shape index (κ1) is 17.7. The highest BCUT2D eigenvalue weighted by atomic mass is 35.5. The van der Waals surface area contributed by atoms with Crippen molar-refractivity contribution >= 4 is 23.3 Å². The van der Waals surface area contributed by atoms with Crippen LogP contribution in [-0.2, 0) is 4.79 Å². The molecule has 0 saturated heterocycles. The summed E-state index contributed by atoms with van der Waals surface area (Å²) in [7, 11) is 0. The smallest absolute Gasteiger partial charge is 0.242 e. The Morgan fingerprint density at radius 1 is 1.19 bits per heavy atom. The van der Waals surface area contributed by atoms with Crippen LogP contribution >= 0.6 is 11.6 Å². The second kappa shape index (κ2) is 7.59. The van der Waals surface area contributed by atoms with Gasteiger partial charge in [-0.3, -0.25) is 4.79 Å². The predicted octanol–water partition coefficient (Wildman–Crippen LogP) is 3.13. The summed E-state index contributed by atoms with van der Waals surface area (Å²) in [6, 6.07) is -0.381. The van der Waals surface area contributed by atoms with Gasteiger partial charge in [-0.2, -0.15) is 0 Å². The van der Waals surface area contributed by atoms with Crippen molar-refractivity contribution in [3.05, 3.63) is 16.5 Å². The number of anilines is 1. The number of carbonyl (C=O) groups is 1. The van der Waals surface area contributed by atoms with Crippen molar-refractivity contribution in [1.82, 2.24) is 15.3 Å². The molecule has 6 heteroatoms. The molecule has 0 saturated carbocycles. The molecule has 1 heterocycles. The first-order chi connectivity index (χ1) is 9.72. The van der Waals surface area contributed by atoms with E-state index in [9.17, 15) is 4.79 Å². The number of carbonyl (C=O) groups excluding carboxylic acids is 1. The fraction of sp³-hybridized carbons (Fsp3) is 0.667. The van der Waals surface area contributed by atoms with E-state index < -0.39 is 0 Å². The van der Waals surface area contributed by atoms with E-state index in [4.69, 9.17) is 11.6 Å². The van der Waals surface area contributed by atoms with Gasteiger partial charge in [0.2, 0.25) is 5.91 Å². The summed E-state index contributed by atoms with van der Waals surface area (Å²) in [4.78, 5) is 20.7. The van der Waals surface area contributed by atoms with Gasteiger partial charge in [0.05, 0.1) is 0 Å². The molecule has 1 unspecified atom stereocenters. The molecule has 0 aromatic carbocycles. The second-order valence-electron chi connectivity index (χ2n) is 6.01. The normalized spacial score (nSPS) is 12.6. The molecule has 0 radical (unpaired) electrons. The topological polar surface area (TPSA) is 66.9 Å². The molecular formula is C15H25ClN4O. The van der Waals surface area contributed by atoms with Gasteiger partial charge in [-0.05, 0) is 19.8 Å². The lowest BCUT2D eigenvalue weighted by Gasteiger charge is -2.18. The van der Waals surface area contributed by atoms with Crippen molar-refractivity contribution in [2.24, 2.45) is 5.92 Å². The minimum absolute atomic E-state index is 0.0519. The van der Waals surface area contributed by atoms with Gasteiger partial charge in [0, 0.05) is 18.0 Å². The average molecular weight is 313 g/mol. The molecule has 2 N–H and O–H groups in total. The quantitative estimate of drug-likeness (QED) is 0.792. The minimum Gasteiger partial charge on any atom is -0.358 e. The van der Waals surface area contributed by atoms with Crippen LogP contribution in [0.25, 0.3) is 0 Å². The van der Waals surface area contributed by atoms with Crippen LogP contribution in [0.2, 0.25) is 5.15 Å². The van der Waals surface area contributed by atoms with Crippen LogP contribution in [0.3, 0.4) is 0 Å². The summed E-state index contributed by atoms with van der Waals surface area (Å²) in [5.41, 5.74) is 0.754. The molecule has 5 nitrogen and oxygen atoms in total. The van der Waals surface area contributed by atoms with E-state index in [0.29, 0.717) is 29.3 Å². The van der Waals surface area contributed by atoms with Crippen molar-refractivity contribution in [3.8, 4) is 0 Å². The fourth-order valence-corrected chi connectivity index (χ4v) is 1.81. The van der Waals surface area contributed by atoms with Gasteiger partial charge in [-0.25, -0.2) is 9.97 Å². The van der Waals surface area contributed by atoms with Crippen LogP contribution in [0.4, 0.5) is 5.82 Å².